The first kappa shape index (κ1) is 15.6. The Morgan fingerprint density at radius 2 is 2.05 bits per heavy atom. The van der Waals surface area contributed by atoms with Crippen molar-refractivity contribution in [3.63, 3.8) is 0 Å². The molecule has 0 aliphatic carbocycles. The van der Waals surface area contributed by atoms with Crippen LogP contribution in [0.4, 0.5) is 5.69 Å². The van der Waals surface area contributed by atoms with E-state index in [2.05, 4.69) is 21.2 Å². The molecule has 0 saturated carbocycles. The highest BCUT2D eigenvalue weighted by Crippen LogP contribution is 2.20. The van der Waals surface area contributed by atoms with Gasteiger partial charge in [-0.3, -0.25) is 9.59 Å². The van der Waals surface area contributed by atoms with Gasteiger partial charge >= 0.3 is 0 Å². The summed E-state index contributed by atoms with van der Waals surface area (Å²) in [6.45, 7) is 6.48. The summed E-state index contributed by atoms with van der Waals surface area (Å²) in [5.41, 5.74) is 1.10. The maximum Gasteiger partial charge on any atom is 0.272 e. The molecular formula is C15H18BrN3O2. The number of carbonyl (C=O) groups excluding carboxylic acids is 1. The first-order chi connectivity index (χ1) is 9.92. The minimum absolute atomic E-state index is 0.0798. The summed E-state index contributed by atoms with van der Waals surface area (Å²) in [5.74, 6) is -0.198. The molecule has 1 amide bonds. The second-order valence-electron chi connectivity index (χ2n) is 5.04. The standard InChI is InChI=1S/C15H18BrN3O2/c1-4-18-9-12(5-6-14(18)20)17-15(21)13-7-11(16)8-19(13)10(2)3/h5-10H,4H2,1-3H3,(H,17,21). The molecular weight excluding hydrogens is 334 g/mol. The Labute approximate surface area is 131 Å². The largest absolute Gasteiger partial charge is 0.340 e. The van der Waals surface area contributed by atoms with E-state index in [1.165, 1.54) is 6.07 Å². The van der Waals surface area contributed by atoms with Crippen molar-refractivity contribution < 1.29 is 4.79 Å². The number of pyridine rings is 1. The Hall–Kier alpha value is -1.82. The second kappa shape index (κ2) is 6.30. The van der Waals surface area contributed by atoms with Gasteiger partial charge < -0.3 is 14.5 Å². The Balaban J connectivity index is 2.28. The molecule has 0 fully saturated rings. The lowest BCUT2D eigenvalue weighted by Crippen LogP contribution is -2.21. The van der Waals surface area contributed by atoms with Crippen molar-refractivity contribution in [1.29, 1.82) is 0 Å². The zero-order valence-electron chi connectivity index (χ0n) is 12.3. The van der Waals surface area contributed by atoms with Crippen molar-refractivity contribution in [2.24, 2.45) is 0 Å². The third kappa shape index (κ3) is 3.44. The highest BCUT2D eigenvalue weighted by molar-refractivity contribution is 9.10. The molecule has 0 saturated heterocycles. The van der Waals surface area contributed by atoms with Crippen molar-refractivity contribution in [2.45, 2.75) is 33.4 Å². The summed E-state index contributed by atoms with van der Waals surface area (Å²) in [6, 6.07) is 5.04. The molecule has 0 unspecified atom stereocenters. The van der Waals surface area contributed by atoms with Crippen LogP contribution in [0.25, 0.3) is 0 Å². The molecule has 2 heterocycles. The monoisotopic (exact) mass is 351 g/mol. The van der Waals surface area contributed by atoms with E-state index in [1.807, 2.05) is 31.5 Å². The van der Waals surface area contributed by atoms with Crippen LogP contribution in [0.15, 0.2) is 39.9 Å². The number of halogens is 1. The predicted octanol–water partition coefficient (Wildman–Crippen LogP) is 3.27. The molecule has 0 atom stereocenters. The number of hydrogen-bond donors (Lipinski definition) is 1. The summed E-state index contributed by atoms with van der Waals surface area (Å²) >= 11 is 3.39. The van der Waals surface area contributed by atoms with Crippen LogP contribution < -0.4 is 10.9 Å². The normalized spacial score (nSPS) is 10.9. The quantitative estimate of drug-likeness (QED) is 0.918. The van der Waals surface area contributed by atoms with Gasteiger partial charge in [0.15, 0.2) is 0 Å². The molecule has 5 nitrogen and oxygen atoms in total. The summed E-state index contributed by atoms with van der Waals surface area (Å²) in [4.78, 5) is 23.9. The minimum atomic E-state index is -0.198. The van der Waals surface area contributed by atoms with Gasteiger partial charge in [0.25, 0.3) is 11.5 Å². The Morgan fingerprint density at radius 3 is 2.67 bits per heavy atom. The predicted molar refractivity (Wildman–Crippen MR) is 86.8 cm³/mol. The molecule has 0 aromatic carbocycles. The van der Waals surface area contributed by atoms with Gasteiger partial charge in [0.2, 0.25) is 0 Å². The molecule has 0 aliphatic rings. The minimum Gasteiger partial charge on any atom is -0.340 e. The zero-order chi connectivity index (χ0) is 15.6. The number of carbonyl (C=O) groups is 1. The van der Waals surface area contributed by atoms with E-state index >= 15 is 0 Å². The molecule has 2 aromatic heterocycles. The van der Waals surface area contributed by atoms with Gasteiger partial charge in [-0.2, -0.15) is 0 Å². The number of hydrogen-bond acceptors (Lipinski definition) is 2. The average Bonchev–Trinajstić information content (AvgIpc) is 2.83. The highest BCUT2D eigenvalue weighted by atomic mass is 79.9. The second-order valence-corrected chi connectivity index (χ2v) is 5.96. The van der Waals surface area contributed by atoms with E-state index in [-0.39, 0.29) is 17.5 Å². The van der Waals surface area contributed by atoms with Crippen molar-refractivity contribution in [3.05, 3.63) is 51.1 Å². The molecule has 0 aliphatic heterocycles. The van der Waals surface area contributed by atoms with Gasteiger partial charge in [0, 0.05) is 35.5 Å². The van der Waals surface area contributed by atoms with Crippen LogP contribution >= 0.6 is 15.9 Å². The van der Waals surface area contributed by atoms with Crippen LogP contribution in [-0.2, 0) is 6.54 Å². The maximum absolute atomic E-state index is 12.4. The Morgan fingerprint density at radius 1 is 1.33 bits per heavy atom. The van der Waals surface area contributed by atoms with Crippen molar-refractivity contribution in [2.75, 3.05) is 5.32 Å². The van der Waals surface area contributed by atoms with Crippen molar-refractivity contribution >= 4 is 27.5 Å². The van der Waals surface area contributed by atoms with Gasteiger partial charge in [0.05, 0.1) is 5.69 Å². The summed E-state index contributed by atoms with van der Waals surface area (Å²) in [5, 5.41) is 2.83. The Kier molecular flexibility index (Phi) is 4.67. The molecule has 21 heavy (non-hydrogen) atoms. The van der Waals surface area contributed by atoms with Gasteiger partial charge in [-0.05, 0) is 48.8 Å². The number of amides is 1. The number of aryl methyl sites for hydroxylation is 1. The zero-order valence-corrected chi connectivity index (χ0v) is 13.8. The molecule has 2 rings (SSSR count). The molecule has 0 spiro atoms. The average molecular weight is 352 g/mol. The van der Waals surface area contributed by atoms with Crippen LogP contribution in [0, 0.1) is 0 Å². The smallest absolute Gasteiger partial charge is 0.272 e. The van der Waals surface area contributed by atoms with E-state index in [0.29, 0.717) is 17.9 Å². The first-order valence-corrected chi connectivity index (χ1v) is 7.61. The van der Waals surface area contributed by atoms with E-state index in [0.717, 1.165) is 4.47 Å². The molecule has 2 aromatic rings. The van der Waals surface area contributed by atoms with Gasteiger partial charge in [-0.25, -0.2) is 0 Å². The fourth-order valence-electron chi connectivity index (χ4n) is 2.10. The van der Waals surface area contributed by atoms with Gasteiger partial charge in [0.1, 0.15) is 5.69 Å². The van der Waals surface area contributed by atoms with Crippen LogP contribution in [-0.4, -0.2) is 15.0 Å². The Bertz CT molecular complexity index is 716. The molecule has 0 bridgehead atoms. The number of nitrogens with one attached hydrogen (secondary N) is 1. The topological polar surface area (TPSA) is 56.0 Å². The summed E-state index contributed by atoms with van der Waals surface area (Å²) in [6.07, 6.45) is 3.53. The fraction of sp³-hybridized carbons (Fsp3) is 0.333. The SMILES string of the molecule is CCn1cc(NC(=O)c2cc(Br)cn2C(C)C)ccc1=O. The first-order valence-electron chi connectivity index (χ1n) is 6.81. The van der Waals surface area contributed by atoms with Gasteiger partial charge in [-0.15, -0.1) is 0 Å². The molecule has 0 radical (unpaired) electrons. The van der Waals surface area contributed by atoms with Crippen LogP contribution in [0.5, 0.6) is 0 Å². The lowest BCUT2D eigenvalue weighted by Gasteiger charge is -2.13. The number of rotatable bonds is 4. The lowest BCUT2D eigenvalue weighted by molar-refractivity contribution is 0.101. The van der Waals surface area contributed by atoms with E-state index in [4.69, 9.17) is 0 Å². The third-order valence-electron chi connectivity index (χ3n) is 3.19. The van der Waals surface area contributed by atoms with Crippen LogP contribution in [0.2, 0.25) is 0 Å². The lowest BCUT2D eigenvalue weighted by atomic mass is 10.3. The van der Waals surface area contributed by atoms with Crippen LogP contribution in [0.1, 0.15) is 37.3 Å². The molecule has 1 N–H and O–H groups in total. The number of nitrogens with zero attached hydrogens (tertiary/aromatic N) is 2. The summed E-state index contributed by atoms with van der Waals surface area (Å²) in [7, 11) is 0. The van der Waals surface area contributed by atoms with Crippen molar-refractivity contribution in [3.8, 4) is 0 Å². The van der Waals surface area contributed by atoms with E-state index < -0.39 is 0 Å². The number of aromatic nitrogens is 2. The molecule has 6 heteroatoms. The highest BCUT2D eigenvalue weighted by Gasteiger charge is 2.15. The maximum atomic E-state index is 12.4. The van der Waals surface area contributed by atoms with Crippen LogP contribution in [0.3, 0.4) is 0 Å². The number of anilines is 1. The van der Waals surface area contributed by atoms with E-state index in [1.54, 1.807) is 22.9 Å². The van der Waals surface area contributed by atoms with Crippen molar-refractivity contribution in [1.82, 2.24) is 9.13 Å². The summed E-state index contributed by atoms with van der Waals surface area (Å²) < 4.78 is 4.31. The fourth-order valence-corrected chi connectivity index (χ4v) is 2.54. The third-order valence-corrected chi connectivity index (χ3v) is 3.62. The molecule has 112 valence electrons. The van der Waals surface area contributed by atoms with Gasteiger partial charge in [-0.1, -0.05) is 0 Å². The van der Waals surface area contributed by atoms with E-state index in [9.17, 15) is 9.59 Å².